The molecule has 0 saturated carbocycles. The summed E-state index contributed by atoms with van der Waals surface area (Å²) in [5, 5.41) is 0. The van der Waals surface area contributed by atoms with Crippen molar-refractivity contribution in [3.8, 4) is 16.9 Å². The molecule has 5 nitrogen and oxygen atoms in total. The Kier molecular flexibility index (Phi) is 6.56. The van der Waals surface area contributed by atoms with Gasteiger partial charge in [-0.1, -0.05) is 30.3 Å². The van der Waals surface area contributed by atoms with Crippen molar-refractivity contribution < 1.29 is 37.0 Å². The minimum atomic E-state index is -4.77. The molecule has 2 aromatic rings. The molecule has 0 aliphatic rings. The molecule has 0 aliphatic heterocycles. The molecule has 0 heterocycles. The zero-order chi connectivity index (χ0) is 21.8. The Morgan fingerprint density at radius 1 is 0.931 bits per heavy atom. The molecule has 0 unspecified atom stereocenters. The van der Waals surface area contributed by atoms with Crippen LogP contribution in [0.3, 0.4) is 0 Å². The minimum Gasteiger partial charge on any atom is -0.457 e. The number of carbonyl (C=O) groups excluding carboxylic acids is 2. The van der Waals surface area contributed by atoms with Crippen molar-refractivity contribution in [1.82, 2.24) is 0 Å². The molecule has 0 N–H and O–H groups in total. The molecule has 1 atom stereocenters. The van der Waals surface area contributed by atoms with Crippen molar-refractivity contribution in [2.45, 2.75) is 45.8 Å². The molecule has 2 aromatic carbocycles. The van der Waals surface area contributed by atoms with Gasteiger partial charge in [-0.25, -0.2) is 4.79 Å². The highest BCUT2D eigenvalue weighted by Crippen LogP contribution is 2.29. The monoisotopic (exact) mass is 410 g/mol. The molecule has 0 bridgehead atoms. The normalized spacial score (nSPS) is 12.8. The largest absolute Gasteiger partial charge is 0.573 e. The maximum absolute atomic E-state index is 12.5. The molecule has 0 amide bonds. The van der Waals surface area contributed by atoms with Crippen molar-refractivity contribution in [3.05, 3.63) is 54.1 Å². The zero-order valence-electron chi connectivity index (χ0n) is 16.4. The Labute approximate surface area is 166 Å². The van der Waals surface area contributed by atoms with E-state index in [0.717, 1.165) is 0 Å². The number of hydrogen-bond donors (Lipinski definition) is 0. The van der Waals surface area contributed by atoms with Crippen LogP contribution in [0.4, 0.5) is 13.2 Å². The number of rotatable bonds is 5. The van der Waals surface area contributed by atoms with Gasteiger partial charge in [0.05, 0.1) is 0 Å². The summed E-state index contributed by atoms with van der Waals surface area (Å²) in [4.78, 5) is 24.0. The Morgan fingerprint density at radius 3 is 2.07 bits per heavy atom. The second-order valence-electron chi connectivity index (χ2n) is 7.22. The average molecular weight is 410 g/mol. The molecule has 0 saturated heterocycles. The van der Waals surface area contributed by atoms with E-state index in [1.54, 1.807) is 45.0 Å². The number of halogens is 3. The molecule has 0 spiro atoms. The predicted octanol–water partition coefficient (Wildman–Crippen LogP) is 5.20. The maximum Gasteiger partial charge on any atom is 0.573 e. The highest BCUT2D eigenvalue weighted by atomic mass is 19.4. The molecule has 0 radical (unpaired) electrons. The fraction of sp³-hybridized carbons (Fsp3) is 0.333. The molecule has 0 aromatic heterocycles. The summed E-state index contributed by atoms with van der Waals surface area (Å²) in [5.74, 6) is -1.72. The lowest BCUT2D eigenvalue weighted by Crippen LogP contribution is -2.29. The number of benzene rings is 2. The van der Waals surface area contributed by atoms with Gasteiger partial charge in [0.1, 0.15) is 11.4 Å². The third kappa shape index (κ3) is 7.14. The van der Waals surface area contributed by atoms with E-state index in [2.05, 4.69) is 4.74 Å². The third-order valence-electron chi connectivity index (χ3n) is 3.52. The standard InChI is InChI=1S/C21H21F3O5/c1-13(25)27-18(19(26)29-20(2,3)4)16-7-5-6-15(12-16)14-8-10-17(11-9-14)28-21(22,23)24/h5-12,18H,1-4H3/t18-/m0/s1. The number of hydrogen-bond acceptors (Lipinski definition) is 5. The van der Waals surface area contributed by atoms with E-state index in [-0.39, 0.29) is 5.75 Å². The van der Waals surface area contributed by atoms with E-state index in [1.165, 1.54) is 31.2 Å². The van der Waals surface area contributed by atoms with Crippen LogP contribution in [0.5, 0.6) is 5.75 Å². The predicted molar refractivity (Wildman–Crippen MR) is 98.9 cm³/mol. The molecule has 29 heavy (non-hydrogen) atoms. The summed E-state index contributed by atoms with van der Waals surface area (Å²) in [6.45, 7) is 6.25. The van der Waals surface area contributed by atoms with Crippen molar-refractivity contribution in [1.29, 1.82) is 0 Å². The molecular weight excluding hydrogens is 389 g/mol. The van der Waals surface area contributed by atoms with Crippen molar-refractivity contribution in [3.63, 3.8) is 0 Å². The van der Waals surface area contributed by atoms with Gasteiger partial charge in [-0.05, 0) is 50.1 Å². The number of esters is 2. The van der Waals surface area contributed by atoms with Gasteiger partial charge in [-0.3, -0.25) is 4.79 Å². The minimum absolute atomic E-state index is 0.344. The van der Waals surface area contributed by atoms with Crippen LogP contribution in [0, 0.1) is 0 Å². The lowest BCUT2D eigenvalue weighted by atomic mass is 10.0. The smallest absolute Gasteiger partial charge is 0.457 e. The van der Waals surface area contributed by atoms with Gasteiger partial charge in [0.25, 0.3) is 0 Å². The second-order valence-corrected chi connectivity index (χ2v) is 7.22. The van der Waals surface area contributed by atoms with Crippen molar-refractivity contribution in [2.24, 2.45) is 0 Å². The van der Waals surface area contributed by atoms with E-state index >= 15 is 0 Å². The van der Waals surface area contributed by atoms with Gasteiger partial charge >= 0.3 is 18.3 Å². The highest BCUT2D eigenvalue weighted by Gasteiger charge is 2.31. The van der Waals surface area contributed by atoms with Gasteiger partial charge < -0.3 is 14.2 Å². The molecule has 0 aliphatic carbocycles. The second kappa shape index (κ2) is 8.55. The van der Waals surface area contributed by atoms with Gasteiger partial charge in [-0.15, -0.1) is 13.2 Å². The first-order valence-corrected chi connectivity index (χ1v) is 8.70. The summed E-state index contributed by atoms with van der Waals surface area (Å²) in [6.07, 6.45) is -6.04. The summed E-state index contributed by atoms with van der Waals surface area (Å²) < 4.78 is 51.2. The van der Waals surface area contributed by atoms with E-state index in [9.17, 15) is 22.8 Å². The Morgan fingerprint density at radius 2 is 1.55 bits per heavy atom. The lowest BCUT2D eigenvalue weighted by Gasteiger charge is -2.24. The molecule has 156 valence electrons. The number of alkyl halides is 3. The zero-order valence-corrected chi connectivity index (χ0v) is 16.4. The van der Waals surface area contributed by atoms with Crippen LogP contribution in [0.2, 0.25) is 0 Å². The van der Waals surface area contributed by atoms with Gasteiger partial charge in [0, 0.05) is 12.5 Å². The maximum atomic E-state index is 12.5. The molecule has 0 fully saturated rings. The third-order valence-corrected chi connectivity index (χ3v) is 3.52. The van der Waals surface area contributed by atoms with E-state index < -0.39 is 30.0 Å². The van der Waals surface area contributed by atoms with Crippen LogP contribution in [0.25, 0.3) is 11.1 Å². The Hall–Kier alpha value is -3.03. The summed E-state index contributed by atoms with van der Waals surface area (Å²) in [5.41, 5.74) is 0.804. The summed E-state index contributed by atoms with van der Waals surface area (Å²) in [7, 11) is 0. The first-order valence-electron chi connectivity index (χ1n) is 8.70. The quantitative estimate of drug-likeness (QED) is 0.634. The fourth-order valence-corrected chi connectivity index (χ4v) is 2.50. The lowest BCUT2D eigenvalue weighted by molar-refractivity contribution is -0.274. The van der Waals surface area contributed by atoms with Crippen LogP contribution in [-0.2, 0) is 19.1 Å². The van der Waals surface area contributed by atoms with Crippen LogP contribution in [0.1, 0.15) is 39.4 Å². The van der Waals surface area contributed by atoms with E-state index in [1.807, 2.05) is 0 Å². The van der Waals surface area contributed by atoms with Gasteiger partial charge in [-0.2, -0.15) is 0 Å². The SMILES string of the molecule is CC(=O)O[C@H](C(=O)OC(C)(C)C)c1cccc(-c2ccc(OC(F)(F)F)cc2)c1. The number of ether oxygens (including phenoxy) is 3. The Bertz CT molecular complexity index is 867. The van der Waals surface area contributed by atoms with Crippen molar-refractivity contribution in [2.75, 3.05) is 0 Å². The fourth-order valence-electron chi connectivity index (χ4n) is 2.50. The summed E-state index contributed by atoms with van der Waals surface area (Å²) >= 11 is 0. The van der Waals surface area contributed by atoms with E-state index in [4.69, 9.17) is 9.47 Å². The van der Waals surface area contributed by atoms with Crippen LogP contribution in [0.15, 0.2) is 48.5 Å². The van der Waals surface area contributed by atoms with E-state index in [0.29, 0.717) is 16.7 Å². The van der Waals surface area contributed by atoms with Gasteiger partial charge in [0.2, 0.25) is 6.10 Å². The number of carbonyl (C=O) groups is 2. The molecular formula is C21H21F3O5. The summed E-state index contributed by atoms with van der Waals surface area (Å²) in [6, 6.07) is 11.8. The Balaban J connectivity index is 2.31. The van der Waals surface area contributed by atoms with Crippen LogP contribution < -0.4 is 4.74 Å². The van der Waals surface area contributed by atoms with Crippen molar-refractivity contribution >= 4 is 11.9 Å². The van der Waals surface area contributed by atoms with Gasteiger partial charge in [0.15, 0.2) is 0 Å². The first kappa shape index (κ1) is 22.3. The van der Waals surface area contributed by atoms with Crippen LogP contribution >= 0.6 is 0 Å². The average Bonchev–Trinajstić information content (AvgIpc) is 2.57. The molecule has 2 rings (SSSR count). The topological polar surface area (TPSA) is 61.8 Å². The first-order chi connectivity index (χ1) is 13.3. The highest BCUT2D eigenvalue weighted by molar-refractivity contribution is 5.81. The van der Waals surface area contributed by atoms with Crippen LogP contribution in [-0.4, -0.2) is 23.9 Å². The molecule has 8 heteroatoms.